The van der Waals surface area contributed by atoms with Crippen LogP contribution < -0.4 is 24.3 Å². The summed E-state index contributed by atoms with van der Waals surface area (Å²) in [5.74, 6) is 2.55. The van der Waals surface area contributed by atoms with E-state index in [4.69, 9.17) is 18.9 Å². The van der Waals surface area contributed by atoms with Crippen molar-refractivity contribution in [1.82, 2.24) is 0 Å². The number of benzene rings is 3. The molecule has 0 saturated carbocycles. The quantitative estimate of drug-likeness (QED) is 0.596. The Balaban J connectivity index is 1.52. The summed E-state index contributed by atoms with van der Waals surface area (Å²) in [7, 11) is 1.60. The smallest absolute Gasteiger partial charge is 0.255 e. The summed E-state index contributed by atoms with van der Waals surface area (Å²) in [6.45, 7) is 6.63. The summed E-state index contributed by atoms with van der Waals surface area (Å²) in [6, 6.07) is 14.7. The van der Waals surface area contributed by atoms with Gasteiger partial charge in [-0.3, -0.25) is 4.79 Å². The van der Waals surface area contributed by atoms with Gasteiger partial charge in [0, 0.05) is 22.9 Å². The van der Waals surface area contributed by atoms with E-state index in [1.807, 2.05) is 19.9 Å². The van der Waals surface area contributed by atoms with Crippen LogP contribution in [0.15, 0.2) is 48.5 Å². The minimum Gasteiger partial charge on any atom is -0.496 e. The molecule has 1 aliphatic heterocycles. The first-order valence-electron chi connectivity index (χ1n) is 10.0. The van der Waals surface area contributed by atoms with Gasteiger partial charge in [0.15, 0.2) is 11.5 Å². The number of anilines is 1. The molecular weight excluding hydrogens is 394 g/mol. The van der Waals surface area contributed by atoms with E-state index in [-0.39, 0.29) is 19.3 Å². The number of amides is 1. The molecule has 1 N–H and O–H groups in total. The molecule has 0 fully saturated rings. The molecule has 0 saturated heterocycles. The predicted octanol–water partition coefficient (Wildman–Crippen LogP) is 5.18. The Morgan fingerprint density at radius 2 is 1.77 bits per heavy atom. The molecule has 1 aliphatic rings. The monoisotopic (exact) mass is 419 g/mol. The Kier molecular flexibility index (Phi) is 5.71. The highest BCUT2D eigenvalue weighted by Gasteiger charge is 2.16. The molecule has 3 aromatic carbocycles. The van der Waals surface area contributed by atoms with Gasteiger partial charge >= 0.3 is 0 Å². The van der Waals surface area contributed by atoms with Crippen molar-refractivity contribution in [2.24, 2.45) is 0 Å². The van der Waals surface area contributed by atoms with Gasteiger partial charge in [-0.25, -0.2) is 0 Å². The van der Waals surface area contributed by atoms with Crippen LogP contribution >= 0.6 is 0 Å². The fourth-order valence-corrected chi connectivity index (χ4v) is 3.52. The molecule has 1 amide bonds. The van der Waals surface area contributed by atoms with Gasteiger partial charge in [-0.2, -0.15) is 0 Å². The summed E-state index contributed by atoms with van der Waals surface area (Å²) in [4.78, 5) is 12.8. The van der Waals surface area contributed by atoms with E-state index >= 15 is 0 Å². The van der Waals surface area contributed by atoms with E-state index < -0.39 is 0 Å². The third kappa shape index (κ3) is 4.43. The van der Waals surface area contributed by atoms with Crippen LogP contribution in [-0.4, -0.2) is 19.8 Å². The average Bonchev–Trinajstić information content (AvgIpc) is 3.22. The SMILES string of the molecule is COc1ccc(C(=O)Nc2ccc3c(c2)OCO3)cc1COc1cc(C)cc(C)c1C. The van der Waals surface area contributed by atoms with Crippen LogP contribution in [0.2, 0.25) is 0 Å². The number of hydrogen-bond donors (Lipinski definition) is 1. The number of methoxy groups -OCH3 is 1. The van der Waals surface area contributed by atoms with E-state index in [1.54, 1.807) is 43.5 Å². The molecular formula is C25H25NO5. The Morgan fingerprint density at radius 1 is 0.968 bits per heavy atom. The first-order chi connectivity index (χ1) is 14.9. The largest absolute Gasteiger partial charge is 0.496 e. The van der Waals surface area contributed by atoms with Crippen LogP contribution in [0.1, 0.15) is 32.6 Å². The van der Waals surface area contributed by atoms with Gasteiger partial charge in [0.05, 0.1) is 7.11 Å². The van der Waals surface area contributed by atoms with Gasteiger partial charge in [-0.1, -0.05) is 6.07 Å². The van der Waals surface area contributed by atoms with Crippen molar-refractivity contribution in [3.05, 3.63) is 76.3 Å². The second-order valence-corrected chi connectivity index (χ2v) is 7.54. The Bertz CT molecular complexity index is 1140. The summed E-state index contributed by atoms with van der Waals surface area (Å²) in [6.07, 6.45) is 0. The van der Waals surface area contributed by atoms with Gasteiger partial charge in [-0.05, 0) is 73.9 Å². The third-order valence-corrected chi connectivity index (χ3v) is 5.32. The lowest BCUT2D eigenvalue weighted by Crippen LogP contribution is -2.13. The van der Waals surface area contributed by atoms with Crippen molar-refractivity contribution in [2.45, 2.75) is 27.4 Å². The van der Waals surface area contributed by atoms with Crippen molar-refractivity contribution in [3.8, 4) is 23.0 Å². The number of carbonyl (C=O) groups is 1. The van der Waals surface area contributed by atoms with Gasteiger partial charge in [0.1, 0.15) is 18.1 Å². The molecule has 3 aromatic rings. The summed E-state index contributed by atoms with van der Waals surface area (Å²) >= 11 is 0. The molecule has 31 heavy (non-hydrogen) atoms. The number of carbonyl (C=O) groups excluding carboxylic acids is 1. The van der Waals surface area contributed by atoms with Crippen LogP contribution in [-0.2, 0) is 6.61 Å². The zero-order chi connectivity index (χ0) is 22.0. The summed E-state index contributed by atoms with van der Waals surface area (Å²) in [5, 5.41) is 2.89. The highest BCUT2D eigenvalue weighted by Crippen LogP contribution is 2.34. The number of fused-ring (bicyclic) bond motifs is 1. The first-order valence-corrected chi connectivity index (χ1v) is 10.0. The molecule has 0 spiro atoms. The topological polar surface area (TPSA) is 66.0 Å². The number of aryl methyl sites for hydroxylation is 2. The van der Waals surface area contributed by atoms with Crippen LogP contribution in [0.3, 0.4) is 0 Å². The van der Waals surface area contributed by atoms with Gasteiger partial charge < -0.3 is 24.3 Å². The zero-order valence-electron chi connectivity index (χ0n) is 18.1. The maximum absolute atomic E-state index is 12.8. The third-order valence-electron chi connectivity index (χ3n) is 5.32. The molecule has 6 nitrogen and oxygen atoms in total. The Labute approximate surface area is 181 Å². The fraction of sp³-hybridized carbons (Fsp3) is 0.240. The molecule has 0 unspecified atom stereocenters. The molecule has 0 atom stereocenters. The minimum absolute atomic E-state index is 0.189. The van der Waals surface area contributed by atoms with E-state index in [0.717, 1.165) is 22.4 Å². The second kappa shape index (κ2) is 8.60. The molecule has 6 heteroatoms. The van der Waals surface area contributed by atoms with E-state index in [1.165, 1.54) is 5.56 Å². The Hall–Kier alpha value is -3.67. The van der Waals surface area contributed by atoms with Crippen molar-refractivity contribution >= 4 is 11.6 Å². The van der Waals surface area contributed by atoms with E-state index in [0.29, 0.717) is 28.5 Å². The normalized spacial score (nSPS) is 11.9. The first kappa shape index (κ1) is 20.6. The fourth-order valence-electron chi connectivity index (χ4n) is 3.52. The molecule has 160 valence electrons. The summed E-state index contributed by atoms with van der Waals surface area (Å²) in [5.41, 5.74) is 5.35. The molecule has 0 radical (unpaired) electrons. The molecule has 1 heterocycles. The zero-order valence-corrected chi connectivity index (χ0v) is 18.1. The number of nitrogens with one attached hydrogen (secondary N) is 1. The standard InChI is InChI=1S/C25H25NO5/c1-15-9-16(2)17(3)23(10-15)29-13-19-11-18(5-7-21(19)28-4)25(27)26-20-6-8-22-24(12-20)31-14-30-22/h5-12H,13-14H2,1-4H3,(H,26,27). The molecule has 0 aromatic heterocycles. The predicted molar refractivity (Wildman–Crippen MR) is 118 cm³/mol. The van der Waals surface area contributed by atoms with Crippen LogP contribution in [0, 0.1) is 20.8 Å². The molecule has 0 aliphatic carbocycles. The van der Waals surface area contributed by atoms with E-state index in [2.05, 4.69) is 18.3 Å². The Morgan fingerprint density at radius 3 is 2.58 bits per heavy atom. The van der Waals surface area contributed by atoms with Gasteiger partial charge in [0.25, 0.3) is 5.91 Å². The van der Waals surface area contributed by atoms with Crippen molar-refractivity contribution in [2.75, 3.05) is 19.2 Å². The van der Waals surface area contributed by atoms with Crippen molar-refractivity contribution in [3.63, 3.8) is 0 Å². The summed E-state index contributed by atoms with van der Waals surface area (Å²) < 4.78 is 22.2. The van der Waals surface area contributed by atoms with Crippen molar-refractivity contribution < 1.29 is 23.7 Å². The van der Waals surface area contributed by atoms with Crippen LogP contribution in [0.25, 0.3) is 0 Å². The average molecular weight is 419 g/mol. The lowest BCUT2D eigenvalue weighted by Gasteiger charge is -2.15. The van der Waals surface area contributed by atoms with Crippen LogP contribution in [0.4, 0.5) is 5.69 Å². The van der Waals surface area contributed by atoms with Gasteiger partial charge in [-0.15, -0.1) is 0 Å². The number of hydrogen-bond acceptors (Lipinski definition) is 5. The van der Waals surface area contributed by atoms with E-state index in [9.17, 15) is 4.79 Å². The minimum atomic E-state index is -0.231. The number of ether oxygens (including phenoxy) is 4. The lowest BCUT2D eigenvalue weighted by molar-refractivity contribution is 0.102. The van der Waals surface area contributed by atoms with Crippen molar-refractivity contribution in [1.29, 1.82) is 0 Å². The molecule has 4 rings (SSSR count). The molecule has 0 bridgehead atoms. The van der Waals surface area contributed by atoms with Gasteiger partial charge in [0.2, 0.25) is 6.79 Å². The lowest BCUT2D eigenvalue weighted by atomic mass is 10.1. The number of rotatable bonds is 6. The highest BCUT2D eigenvalue weighted by atomic mass is 16.7. The second-order valence-electron chi connectivity index (χ2n) is 7.54. The highest BCUT2D eigenvalue weighted by molar-refractivity contribution is 6.04. The maximum atomic E-state index is 12.8. The van der Waals surface area contributed by atoms with Crippen LogP contribution in [0.5, 0.6) is 23.0 Å². The maximum Gasteiger partial charge on any atom is 0.255 e.